The number of nitrogens with one attached hydrogen (secondary N) is 1. The Bertz CT molecular complexity index is 588. The van der Waals surface area contributed by atoms with Crippen LogP contribution < -0.4 is 4.72 Å². The number of halogens is 2. The molecule has 0 bridgehead atoms. The molecule has 2 rings (SSSR count). The fourth-order valence-corrected chi connectivity index (χ4v) is 4.35. The highest BCUT2D eigenvalue weighted by molar-refractivity contribution is 9.10. The summed E-state index contributed by atoms with van der Waals surface area (Å²) in [6.45, 7) is -0.00181. The Morgan fingerprint density at radius 3 is 2.70 bits per heavy atom. The van der Waals surface area contributed by atoms with Gasteiger partial charge < -0.3 is 5.11 Å². The molecule has 0 aliphatic heterocycles. The molecule has 112 valence electrons. The maximum atomic E-state index is 12.2. The van der Waals surface area contributed by atoms with Crippen molar-refractivity contribution in [1.82, 2.24) is 9.71 Å². The van der Waals surface area contributed by atoms with Crippen LogP contribution in [0, 0.1) is 0 Å². The third-order valence-corrected chi connectivity index (χ3v) is 5.70. The molecule has 1 heterocycles. The molecule has 1 aromatic rings. The highest BCUT2D eigenvalue weighted by atomic mass is 79.9. The zero-order valence-corrected chi connectivity index (χ0v) is 13.9. The summed E-state index contributed by atoms with van der Waals surface area (Å²) in [5.41, 5.74) is -0.961. The molecule has 1 fully saturated rings. The molecule has 5 nitrogen and oxygen atoms in total. The van der Waals surface area contributed by atoms with Crippen molar-refractivity contribution in [2.45, 2.75) is 42.6 Å². The van der Waals surface area contributed by atoms with Gasteiger partial charge in [-0.15, -0.1) is 0 Å². The monoisotopic (exact) mass is 382 g/mol. The van der Waals surface area contributed by atoms with E-state index in [1.807, 2.05) is 0 Å². The van der Waals surface area contributed by atoms with Gasteiger partial charge in [-0.2, -0.15) is 0 Å². The summed E-state index contributed by atoms with van der Waals surface area (Å²) in [4.78, 5) is 3.70. The van der Waals surface area contributed by atoms with E-state index in [1.165, 1.54) is 12.3 Å². The fraction of sp³-hybridized carbons (Fsp3) is 0.583. The highest BCUT2D eigenvalue weighted by Crippen LogP contribution is 2.28. The van der Waals surface area contributed by atoms with E-state index < -0.39 is 15.6 Å². The summed E-state index contributed by atoms with van der Waals surface area (Å²) in [6, 6.07) is 1.39. The number of rotatable bonds is 4. The average Bonchev–Trinajstić information content (AvgIpc) is 2.40. The van der Waals surface area contributed by atoms with Crippen molar-refractivity contribution in [2.24, 2.45) is 0 Å². The molecule has 1 saturated carbocycles. The van der Waals surface area contributed by atoms with E-state index in [0.717, 1.165) is 19.3 Å². The third-order valence-electron chi connectivity index (χ3n) is 3.44. The lowest BCUT2D eigenvalue weighted by atomic mass is 9.85. The molecule has 1 aliphatic carbocycles. The maximum absolute atomic E-state index is 12.2. The van der Waals surface area contributed by atoms with E-state index in [9.17, 15) is 13.5 Å². The van der Waals surface area contributed by atoms with Crippen LogP contribution in [-0.2, 0) is 10.0 Å². The Labute approximate surface area is 131 Å². The molecule has 0 saturated heterocycles. The molecular formula is C12H16BrClN2O3S. The van der Waals surface area contributed by atoms with Gasteiger partial charge in [-0.25, -0.2) is 18.1 Å². The van der Waals surface area contributed by atoms with Crippen LogP contribution in [0.1, 0.15) is 32.1 Å². The largest absolute Gasteiger partial charge is 0.389 e. The van der Waals surface area contributed by atoms with Crippen molar-refractivity contribution in [2.75, 3.05) is 6.54 Å². The van der Waals surface area contributed by atoms with Gasteiger partial charge in [0.25, 0.3) is 0 Å². The number of hydrogen-bond donors (Lipinski definition) is 2. The topological polar surface area (TPSA) is 79.3 Å². The SMILES string of the molecule is O=S(=O)(NCC1(O)CCCCC1)c1cc(Br)cnc1Cl. The van der Waals surface area contributed by atoms with Crippen LogP contribution >= 0.6 is 27.5 Å². The molecule has 0 atom stereocenters. The highest BCUT2D eigenvalue weighted by Gasteiger charge is 2.31. The normalized spacial score (nSPS) is 18.9. The maximum Gasteiger partial charge on any atom is 0.243 e. The van der Waals surface area contributed by atoms with Crippen LogP contribution in [0.2, 0.25) is 5.15 Å². The van der Waals surface area contributed by atoms with Crippen LogP contribution in [0.5, 0.6) is 0 Å². The molecule has 20 heavy (non-hydrogen) atoms. The van der Waals surface area contributed by atoms with Crippen LogP contribution in [0.25, 0.3) is 0 Å². The second kappa shape index (κ2) is 6.27. The molecule has 1 aliphatic rings. The summed E-state index contributed by atoms with van der Waals surface area (Å²) >= 11 is 8.99. The van der Waals surface area contributed by atoms with Crippen molar-refractivity contribution in [3.8, 4) is 0 Å². The van der Waals surface area contributed by atoms with E-state index >= 15 is 0 Å². The van der Waals surface area contributed by atoms with Crippen LogP contribution in [0.4, 0.5) is 0 Å². The lowest BCUT2D eigenvalue weighted by Gasteiger charge is -2.32. The van der Waals surface area contributed by atoms with Crippen molar-refractivity contribution in [1.29, 1.82) is 0 Å². The average molecular weight is 384 g/mol. The number of aliphatic hydroxyl groups is 1. The number of aromatic nitrogens is 1. The number of hydrogen-bond acceptors (Lipinski definition) is 4. The summed E-state index contributed by atoms with van der Waals surface area (Å²) in [5, 5.41) is 10.2. The summed E-state index contributed by atoms with van der Waals surface area (Å²) in [6.07, 6.45) is 5.56. The minimum Gasteiger partial charge on any atom is -0.389 e. The summed E-state index contributed by atoms with van der Waals surface area (Å²) in [7, 11) is -3.79. The first-order valence-corrected chi connectivity index (χ1v) is 9.01. The Balaban J connectivity index is 2.13. The van der Waals surface area contributed by atoms with Crippen molar-refractivity contribution in [3.05, 3.63) is 21.9 Å². The fourth-order valence-electron chi connectivity index (χ4n) is 2.29. The van der Waals surface area contributed by atoms with Gasteiger partial charge in [0.15, 0.2) is 0 Å². The van der Waals surface area contributed by atoms with Crippen molar-refractivity contribution < 1.29 is 13.5 Å². The number of sulfonamides is 1. The first-order chi connectivity index (χ1) is 9.32. The quantitative estimate of drug-likeness (QED) is 0.783. The molecule has 1 aromatic heterocycles. The standard InChI is InChI=1S/C12H16BrClN2O3S/c13-9-6-10(11(14)15-7-9)20(18,19)16-8-12(17)4-2-1-3-5-12/h6-7,16-17H,1-5,8H2. The summed E-state index contributed by atoms with van der Waals surface area (Å²) in [5.74, 6) is 0. The molecular weight excluding hydrogens is 368 g/mol. The van der Waals surface area contributed by atoms with Gasteiger partial charge in [0, 0.05) is 17.2 Å². The zero-order chi connectivity index (χ0) is 14.8. The molecule has 2 N–H and O–H groups in total. The minimum atomic E-state index is -3.79. The Hall–Kier alpha value is -0.210. The van der Waals surface area contributed by atoms with Gasteiger partial charge in [-0.05, 0) is 34.8 Å². The Morgan fingerprint density at radius 2 is 2.05 bits per heavy atom. The molecule has 0 spiro atoms. The van der Waals surface area contributed by atoms with E-state index in [-0.39, 0.29) is 16.6 Å². The first kappa shape index (κ1) is 16.2. The summed E-state index contributed by atoms with van der Waals surface area (Å²) < 4.78 is 27.4. The van der Waals surface area contributed by atoms with Crippen LogP contribution in [0.15, 0.2) is 21.6 Å². The molecule has 8 heteroatoms. The van der Waals surface area contributed by atoms with Crippen molar-refractivity contribution >= 4 is 37.6 Å². The molecule has 0 unspecified atom stereocenters. The third kappa shape index (κ3) is 3.92. The van der Waals surface area contributed by atoms with Crippen LogP contribution in [-0.4, -0.2) is 30.7 Å². The molecule has 0 radical (unpaired) electrons. The second-order valence-corrected chi connectivity index (χ2v) is 8.06. The number of pyridine rings is 1. The Morgan fingerprint density at radius 1 is 1.40 bits per heavy atom. The molecule has 0 aromatic carbocycles. The predicted molar refractivity (Wildman–Crippen MR) is 80.2 cm³/mol. The van der Waals surface area contributed by atoms with Gasteiger partial charge in [-0.3, -0.25) is 0 Å². The first-order valence-electron chi connectivity index (χ1n) is 6.36. The van der Waals surface area contributed by atoms with Gasteiger partial charge in [-0.1, -0.05) is 30.9 Å². The lowest BCUT2D eigenvalue weighted by Crippen LogP contribution is -2.44. The Kier molecular flexibility index (Phi) is 5.07. The van der Waals surface area contributed by atoms with Gasteiger partial charge >= 0.3 is 0 Å². The van der Waals surface area contributed by atoms with Gasteiger partial charge in [0.1, 0.15) is 10.0 Å². The number of nitrogens with zero attached hydrogens (tertiary/aromatic N) is 1. The van der Waals surface area contributed by atoms with Crippen LogP contribution in [0.3, 0.4) is 0 Å². The lowest BCUT2D eigenvalue weighted by molar-refractivity contribution is 0.00945. The predicted octanol–water partition coefficient (Wildman–Crippen LogP) is 2.47. The van der Waals surface area contributed by atoms with Crippen molar-refractivity contribution in [3.63, 3.8) is 0 Å². The molecule has 0 amide bonds. The minimum absolute atomic E-state index is 0.00181. The second-order valence-electron chi connectivity index (χ2n) is 5.05. The van der Waals surface area contributed by atoms with E-state index in [2.05, 4.69) is 25.6 Å². The van der Waals surface area contributed by atoms with E-state index in [0.29, 0.717) is 17.3 Å². The van der Waals surface area contributed by atoms with E-state index in [4.69, 9.17) is 11.6 Å². The zero-order valence-electron chi connectivity index (χ0n) is 10.8. The van der Waals surface area contributed by atoms with Gasteiger partial charge in [0.05, 0.1) is 5.60 Å². The van der Waals surface area contributed by atoms with Gasteiger partial charge in [0.2, 0.25) is 10.0 Å². The van der Waals surface area contributed by atoms with E-state index in [1.54, 1.807) is 0 Å². The smallest absolute Gasteiger partial charge is 0.243 e.